The Balaban J connectivity index is 1.58. The summed E-state index contributed by atoms with van der Waals surface area (Å²) in [6.45, 7) is 0. The van der Waals surface area contributed by atoms with E-state index < -0.39 is 0 Å². The maximum Gasteiger partial charge on any atom is 0.175 e. The monoisotopic (exact) mass is 414 g/mol. The topological polar surface area (TPSA) is 60.9 Å². The first kappa shape index (κ1) is 18.2. The third kappa shape index (κ3) is 3.15. The van der Waals surface area contributed by atoms with Gasteiger partial charge in [-0.15, -0.1) is 5.10 Å². The van der Waals surface area contributed by atoms with Crippen LogP contribution in [0.1, 0.15) is 11.4 Å². The molecule has 0 aliphatic carbocycles. The number of hydrogen-bond donors (Lipinski definition) is 0. The van der Waals surface area contributed by atoms with Crippen molar-refractivity contribution in [1.82, 2.24) is 29.4 Å². The fraction of sp³-hybridized carbons (Fsp3) is 0. The first-order valence-electron chi connectivity index (χ1n) is 10.3. The molecule has 3 heterocycles. The predicted molar refractivity (Wildman–Crippen MR) is 126 cm³/mol. The summed E-state index contributed by atoms with van der Waals surface area (Å²) in [6, 6.07) is 30.2. The molecule has 6 heteroatoms. The van der Waals surface area contributed by atoms with Crippen LogP contribution in [0, 0.1) is 0 Å². The maximum atomic E-state index is 4.94. The molecule has 0 fully saturated rings. The fourth-order valence-corrected chi connectivity index (χ4v) is 3.79. The number of benzene rings is 3. The average molecular weight is 414 g/mol. The number of fused-ring (bicyclic) bond motifs is 3. The number of rotatable bonds is 4. The zero-order chi connectivity index (χ0) is 21.3. The van der Waals surface area contributed by atoms with Gasteiger partial charge in [0.05, 0.1) is 11.1 Å². The van der Waals surface area contributed by atoms with Gasteiger partial charge in [-0.2, -0.15) is 5.10 Å². The van der Waals surface area contributed by atoms with Gasteiger partial charge in [-0.1, -0.05) is 84.9 Å². The van der Waals surface area contributed by atoms with E-state index in [0.717, 1.165) is 39.2 Å². The zero-order valence-electron chi connectivity index (χ0n) is 17.1. The lowest BCUT2D eigenvalue weighted by molar-refractivity contribution is 0.883. The summed E-state index contributed by atoms with van der Waals surface area (Å²) in [5, 5.41) is 10.4. The standard InChI is InChI=1S/C26H18N6/c1-4-10-19(11-5-1)16-17-22-28-26-23-24(20-12-6-2-7-13-20)30-32(21-14-8-3-9-15-21)25(23)27-18-31(26)29-22/h1-18H/b17-16+. The highest BCUT2D eigenvalue weighted by Crippen LogP contribution is 2.31. The first-order chi connectivity index (χ1) is 15.9. The van der Waals surface area contributed by atoms with Crippen molar-refractivity contribution < 1.29 is 0 Å². The number of nitrogens with zero attached hydrogens (tertiary/aromatic N) is 6. The lowest BCUT2D eigenvalue weighted by atomic mass is 10.1. The number of aromatic nitrogens is 6. The Hall–Kier alpha value is -4.58. The molecular formula is C26H18N6. The second-order valence-electron chi connectivity index (χ2n) is 7.39. The van der Waals surface area contributed by atoms with Gasteiger partial charge in [-0.25, -0.2) is 19.2 Å². The molecule has 0 aliphatic heterocycles. The van der Waals surface area contributed by atoms with Crippen molar-refractivity contribution in [2.45, 2.75) is 0 Å². The van der Waals surface area contributed by atoms with Crippen molar-refractivity contribution in [2.24, 2.45) is 0 Å². The molecular weight excluding hydrogens is 396 g/mol. The third-order valence-electron chi connectivity index (χ3n) is 5.29. The molecule has 3 aromatic carbocycles. The molecule has 0 saturated carbocycles. The van der Waals surface area contributed by atoms with E-state index in [9.17, 15) is 0 Å². The Kier molecular flexibility index (Phi) is 4.32. The minimum absolute atomic E-state index is 0.620. The normalized spacial score (nSPS) is 11.6. The van der Waals surface area contributed by atoms with Crippen LogP contribution in [0.2, 0.25) is 0 Å². The molecule has 0 spiro atoms. The van der Waals surface area contributed by atoms with Crippen molar-refractivity contribution in [3.8, 4) is 16.9 Å². The SMILES string of the molecule is C(=C\c1nc2c3c(-c4ccccc4)nn(-c4ccccc4)c3ncn2n1)/c1ccccc1. The smallest absolute Gasteiger partial charge is 0.175 e. The van der Waals surface area contributed by atoms with Crippen molar-refractivity contribution in [3.05, 3.63) is 109 Å². The van der Waals surface area contributed by atoms with Crippen molar-refractivity contribution >= 4 is 28.8 Å². The van der Waals surface area contributed by atoms with Gasteiger partial charge >= 0.3 is 0 Å². The molecule has 0 N–H and O–H groups in total. The predicted octanol–water partition coefficient (Wildman–Crippen LogP) is 5.30. The molecule has 0 amide bonds. The lowest BCUT2D eigenvalue weighted by Gasteiger charge is -2.01. The summed E-state index contributed by atoms with van der Waals surface area (Å²) in [5.41, 5.74) is 5.34. The quantitative estimate of drug-likeness (QED) is 0.393. The average Bonchev–Trinajstić information content (AvgIpc) is 3.46. The lowest BCUT2D eigenvalue weighted by Crippen LogP contribution is -1.98. The van der Waals surface area contributed by atoms with Crippen LogP contribution < -0.4 is 0 Å². The summed E-state index contributed by atoms with van der Waals surface area (Å²) in [6.07, 6.45) is 5.61. The highest BCUT2D eigenvalue weighted by atomic mass is 15.4. The summed E-state index contributed by atoms with van der Waals surface area (Å²) in [7, 11) is 0. The third-order valence-corrected chi connectivity index (χ3v) is 5.29. The fourth-order valence-electron chi connectivity index (χ4n) is 3.79. The van der Waals surface area contributed by atoms with Crippen LogP contribution in [0.15, 0.2) is 97.3 Å². The van der Waals surface area contributed by atoms with E-state index in [1.165, 1.54) is 0 Å². The molecule has 3 aromatic heterocycles. The van der Waals surface area contributed by atoms with Gasteiger partial charge in [-0.05, 0) is 23.8 Å². The first-order valence-corrected chi connectivity index (χ1v) is 10.3. The minimum Gasteiger partial charge on any atom is -0.216 e. The van der Waals surface area contributed by atoms with Gasteiger partial charge in [-0.3, -0.25) is 0 Å². The van der Waals surface area contributed by atoms with Crippen LogP contribution in [0.25, 0.3) is 45.8 Å². The Labute approximate surface area is 184 Å². The highest BCUT2D eigenvalue weighted by Gasteiger charge is 2.19. The van der Waals surface area contributed by atoms with E-state index in [0.29, 0.717) is 5.82 Å². The summed E-state index contributed by atoms with van der Waals surface area (Å²) in [4.78, 5) is 9.52. The Morgan fingerprint density at radius 1 is 0.656 bits per heavy atom. The van der Waals surface area contributed by atoms with Crippen LogP contribution in [0.4, 0.5) is 0 Å². The summed E-state index contributed by atoms with van der Waals surface area (Å²) in [5.74, 6) is 0.620. The highest BCUT2D eigenvalue weighted by molar-refractivity contribution is 6.01. The zero-order valence-corrected chi connectivity index (χ0v) is 17.1. The molecule has 152 valence electrons. The summed E-state index contributed by atoms with van der Waals surface area (Å²) < 4.78 is 3.59. The van der Waals surface area contributed by atoms with E-state index in [1.807, 2.05) is 108 Å². The molecule has 0 atom stereocenters. The van der Waals surface area contributed by atoms with Gasteiger partial charge < -0.3 is 0 Å². The molecule has 6 aromatic rings. The van der Waals surface area contributed by atoms with Crippen LogP contribution >= 0.6 is 0 Å². The Morgan fingerprint density at radius 2 is 1.34 bits per heavy atom. The molecule has 32 heavy (non-hydrogen) atoms. The second-order valence-corrected chi connectivity index (χ2v) is 7.39. The van der Waals surface area contributed by atoms with Gasteiger partial charge in [0.1, 0.15) is 12.0 Å². The van der Waals surface area contributed by atoms with Crippen molar-refractivity contribution in [2.75, 3.05) is 0 Å². The van der Waals surface area contributed by atoms with Crippen LogP contribution in [0.3, 0.4) is 0 Å². The summed E-state index contributed by atoms with van der Waals surface area (Å²) >= 11 is 0. The van der Waals surface area contributed by atoms with Crippen LogP contribution in [-0.2, 0) is 0 Å². The Bertz CT molecular complexity index is 1550. The molecule has 0 bridgehead atoms. The molecule has 0 unspecified atom stereocenters. The minimum atomic E-state index is 0.620. The van der Waals surface area contributed by atoms with Crippen LogP contribution in [-0.4, -0.2) is 29.4 Å². The maximum absolute atomic E-state index is 4.94. The molecule has 6 rings (SSSR count). The van der Waals surface area contributed by atoms with E-state index in [1.54, 1.807) is 10.8 Å². The number of para-hydroxylation sites is 1. The second kappa shape index (κ2) is 7.59. The molecule has 0 saturated heterocycles. The van der Waals surface area contributed by atoms with Gasteiger partial charge in [0.15, 0.2) is 17.1 Å². The van der Waals surface area contributed by atoms with Gasteiger partial charge in [0.2, 0.25) is 0 Å². The van der Waals surface area contributed by atoms with E-state index in [2.05, 4.69) is 5.10 Å². The molecule has 6 nitrogen and oxygen atoms in total. The van der Waals surface area contributed by atoms with Crippen LogP contribution in [0.5, 0.6) is 0 Å². The molecule has 0 aliphatic rings. The van der Waals surface area contributed by atoms with Gasteiger partial charge in [0, 0.05) is 5.56 Å². The van der Waals surface area contributed by atoms with Crippen molar-refractivity contribution in [1.29, 1.82) is 0 Å². The molecule has 0 radical (unpaired) electrons. The van der Waals surface area contributed by atoms with Gasteiger partial charge in [0.25, 0.3) is 0 Å². The van der Waals surface area contributed by atoms with E-state index in [4.69, 9.17) is 15.1 Å². The largest absolute Gasteiger partial charge is 0.216 e. The van der Waals surface area contributed by atoms with Crippen molar-refractivity contribution in [3.63, 3.8) is 0 Å². The Morgan fingerprint density at radius 3 is 2.09 bits per heavy atom. The number of hydrogen-bond acceptors (Lipinski definition) is 4. The van der Waals surface area contributed by atoms with E-state index in [-0.39, 0.29) is 0 Å². The van der Waals surface area contributed by atoms with E-state index >= 15 is 0 Å².